The second kappa shape index (κ2) is 7.15. The van der Waals surface area contributed by atoms with E-state index >= 15 is 0 Å². The Balaban J connectivity index is 2.09. The molecule has 0 aliphatic heterocycles. The van der Waals surface area contributed by atoms with Gasteiger partial charge in [-0.05, 0) is 49.7 Å². The summed E-state index contributed by atoms with van der Waals surface area (Å²) in [5.41, 5.74) is 1.31. The molecule has 1 amide bonds. The SMILES string of the molecule is Cc1ccc(C(=O)O)cc1NC(=O)[C@@H](C)Oc1cccc(Cl)c1. The molecule has 6 heteroatoms. The quantitative estimate of drug-likeness (QED) is 0.873. The lowest BCUT2D eigenvalue weighted by Crippen LogP contribution is -2.30. The number of hydrogen-bond acceptors (Lipinski definition) is 3. The first-order chi connectivity index (χ1) is 10.9. The van der Waals surface area contributed by atoms with Gasteiger partial charge in [0.1, 0.15) is 5.75 Å². The first-order valence-electron chi connectivity index (χ1n) is 6.94. The lowest BCUT2D eigenvalue weighted by atomic mass is 10.1. The lowest BCUT2D eigenvalue weighted by Gasteiger charge is -2.16. The molecule has 2 aromatic carbocycles. The zero-order valence-electron chi connectivity index (χ0n) is 12.7. The summed E-state index contributed by atoms with van der Waals surface area (Å²) < 4.78 is 5.53. The second-order valence-electron chi connectivity index (χ2n) is 5.04. The van der Waals surface area contributed by atoms with Crippen LogP contribution in [0.1, 0.15) is 22.8 Å². The van der Waals surface area contributed by atoms with Crippen molar-refractivity contribution in [2.45, 2.75) is 20.0 Å². The highest BCUT2D eigenvalue weighted by Crippen LogP contribution is 2.20. The Bertz CT molecular complexity index is 745. The Hall–Kier alpha value is -2.53. The number of nitrogens with one attached hydrogen (secondary N) is 1. The number of carboxylic acid groups (broad SMARTS) is 1. The number of anilines is 1. The summed E-state index contributed by atoms with van der Waals surface area (Å²) in [4.78, 5) is 23.2. The Labute approximate surface area is 138 Å². The fraction of sp³-hybridized carbons (Fsp3) is 0.176. The van der Waals surface area contributed by atoms with Gasteiger partial charge >= 0.3 is 5.97 Å². The summed E-state index contributed by atoms with van der Waals surface area (Å²) in [6.07, 6.45) is -0.763. The fourth-order valence-corrected chi connectivity index (χ4v) is 2.10. The van der Waals surface area contributed by atoms with Gasteiger partial charge in [-0.2, -0.15) is 0 Å². The lowest BCUT2D eigenvalue weighted by molar-refractivity contribution is -0.122. The van der Waals surface area contributed by atoms with Crippen molar-refractivity contribution in [1.82, 2.24) is 0 Å². The third-order valence-corrected chi connectivity index (χ3v) is 3.46. The van der Waals surface area contributed by atoms with Crippen LogP contribution in [-0.2, 0) is 4.79 Å². The van der Waals surface area contributed by atoms with E-state index in [4.69, 9.17) is 21.4 Å². The summed E-state index contributed by atoms with van der Waals surface area (Å²) in [6, 6.07) is 11.3. The maximum atomic E-state index is 12.2. The van der Waals surface area contributed by atoms with Crippen LogP contribution < -0.4 is 10.1 Å². The summed E-state index contributed by atoms with van der Waals surface area (Å²) in [5.74, 6) is -0.949. The largest absolute Gasteiger partial charge is 0.481 e. The van der Waals surface area contributed by atoms with Gasteiger partial charge in [0.05, 0.1) is 5.56 Å². The van der Waals surface area contributed by atoms with Gasteiger partial charge in [0.2, 0.25) is 0 Å². The summed E-state index contributed by atoms with van der Waals surface area (Å²) >= 11 is 5.87. The first kappa shape index (κ1) is 16.8. The van der Waals surface area contributed by atoms with Gasteiger partial charge in [-0.15, -0.1) is 0 Å². The van der Waals surface area contributed by atoms with Crippen molar-refractivity contribution in [3.05, 3.63) is 58.6 Å². The molecular formula is C17H16ClNO4. The number of benzene rings is 2. The van der Waals surface area contributed by atoms with Crippen molar-refractivity contribution in [2.24, 2.45) is 0 Å². The molecule has 0 aromatic heterocycles. The monoisotopic (exact) mass is 333 g/mol. The topological polar surface area (TPSA) is 75.6 Å². The van der Waals surface area contributed by atoms with E-state index in [2.05, 4.69) is 5.32 Å². The number of hydrogen-bond donors (Lipinski definition) is 2. The fourth-order valence-electron chi connectivity index (χ4n) is 1.92. The molecule has 2 aromatic rings. The summed E-state index contributed by atoms with van der Waals surface area (Å²) in [6.45, 7) is 3.39. The molecule has 0 fully saturated rings. The van der Waals surface area contributed by atoms with Gasteiger partial charge in [-0.3, -0.25) is 4.79 Å². The molecule has 5 nitrogen and oxygen atoms in total. The van der Waals surface area contributed by atoms with Crippen molar-refractivity contribution >= 4 is 29.2 Å². The molecule has 0 saturated carbocycles. The van der Waals surface area contributed by atoms with Crippen molar-refractivity contribution in [2.75, 3.05) is 5.32 Å². The highest BCUT2D eigenvalue weighted by atomic mass is 35.5. The minimum atomic E-state index is -1.05. The molecule has 2 rings (SSSR count). The molecular weight excluding hydrogens is 318 g/mol. The predicted octanol–water partition coefficient (Wildman–Crippen LogP) is 3.75. The Morgan fingerprint density at radius 3 is 2.61 bits per heavy atom. The first-order valence-corrected chi connectivity index (χ1v) is 7.31. The van der Waals surface area contributed by atoms with E-state index in [9.17, 15) is 9.59 Å². The van der Waals surface area contributed by atoms with Crippen LogP contribution in [0.15, 0.2) is 42.5 Å². The van der Waals surface area contributed by atoms with Crippen molar-refractivity contribution in [1.29, 1.82) is 0 Å². The Kier molecular flexibility index (Phi) is 5.24. The van der Waals surface area contributed by atoms with E-state index in [0.717, 1.165) is 5.56 Å². The van der Waals surface area contributed by atoms with Crippen LogP contribution in [0.2, 0.25) is 5.02 Å². The van der Waals surface area contributed by atoms with E-state index in [1.807, 2.05) is 0 Å². The molecule has 0 spiro atoms. The van der Waals surface area contributed by atoms with E-state index in [-0.39, 0.29) is 11.5 Å². The molecule has 0 radical (unpaired) electrons. The van der Waals surface area contributed by atoms with E-state index in [1.165, 1.54) is 12.1 Å². The normalized spacial score (nSPS) is 11.6. The third-order valence-electron chi connectivity index (χ3n) is 3.22. The van der Waals surface area contributed by atoms with Crippen LogP contribution in [-0.4, -0.2) is 23.1 Å². The average molecular weight is 334 g/mol. The van der Waals surface area contributed by atoms with Gasteiger partial charge in [-0.1, -0.05) is 23.7 Å². The van der Waals surface area contributed by atoms with Gasteiger partial charge in [-0.25, -0.2) is 4.79 Å². The molecule has 120 valence electrons. The molecule has 1 atom stereocenters. The van der Waals surface area contributed by atoms with Crippen molar-refractivity contribution < 1.29 is 19.4 Å². The zero-order chi connectivity index (χ0) is 17.0. The van der Waals surface area contributed by atoms with Crippen molar-refractivity contribution in [3.8, 4) is 5.75 Å². The van der Waals surface area contributed by atoms with E-state index in [1.54, 1.807) is 44.2 Å². The molecule has 0 aliphatic carbocycles. The van der Waals surface area contributed by atoms with E-state index in [0.29, 0.717) is 16.5 Å². The maximum Gasteiger partial charge on any atom is 0.335 e. The number of ether oxygens (including phenoxy) is 1. The Morgan fingerprint density at radius 2 is 1.96 bits per heavy atom. The number of amides is 1. The highest BCUT2D eigenvalue weighted by Gasteiger charge is 2.17. The van der Waals surface area contributed by atoms with Crippen LogP contribution >= 0.6 is 11.6 Å². The molecule has 0 heterocycles. The van der Waals surface area contributed by atoms with Gasteiger partial charge in [0.25, 0.3) is 5.91 Å². The molecule has 2 N–H and O–H groups in total. The van der Waals surface area contributed by atoms with Crippen molar-refractivity contribution in [3.63, 3.8) is 0 Å². The van der Waals surface area contributed by atoms with E-state index < -0.39 is 12.1 Å². The van der Waals surface area contributed by atoms with Gasteiger partial charge < -0.3 is 15.2 Å². The standard InChI is InChI=1S/C17H16ClNO4/c1-10-6-7-12(17(21)22)8-15(10)19-16(20)11(2)23-14-5-3-4-13(18)9-14/h3-9,11H,1-2H3,(H,19,20)(H,21,22)/t11-/m1/s1. The zero-order valence-corrected chi connectivity index (χ0v) is 13.4. The number of carboxylic acids is 1. The van der Waals surface area contributed by atoms with Crippen LogP contribution in [0.25, 0.3) is 0 Å². The molecule has 0 unspecified atom stereocenters. The number of carbonyl (C=O) groups excluding carboxylic acids is 1. The number of carbonyl (C=O) groups is 2. The summed E-state index contributed by atoms with van der Waals surface area (Å²) in [7, 11) is 0. The van der Waals surface area contributed by atoms with Crippen LogP contribution in [0.3, 0.4) is 0 Å². The van der Waals surface area contributed by atoms with Crippen LogP contribution in [0, 0.1) is 6.92 Å². The number of halogens is 1. The van der Waals surface area contributed by atoms with Gasteiger partial charge in [0, 0.05) is 10.7 Å². The predicted molar refractivity (Wildman–Crippen MR) is 88.3 cm³/mol. The molecule has 0 saturated heterocycles. The second-order valence-corrected chi connectivity index (χ2v) is 5.48. The highest BCUT2D eigenvalue weighted by molar-refractivity contribution is 6.30. The summed E-state index contributed by atoms with van der Waals surface area (Å²) in [5, 5.41) is 12.2. The van der Waals surface area contributed by atoms with Crippen LogP contribution in [0.4, 0.5) is 5.69 Å². The van der Waals surface area contributed by atoms with Crippen LogP contribution in [0.5, 0.6) is 5.75 Å². The molecule has 0 bridgehead atoms. The maximum absolute atomic E-state index is 12.2. The molecule has 0 aliphatic rings. The minimum Gasteiger partial charge on any atom is -0.481 e. The number of rotatable bonds is 5. The molecule has 23 heavy (non-hydrogen) atoms. The third kappa shape index (κ3) is 4.47. The van der Waals surface area contributed by atoms with Gasteiger partial charge in [0.15, 0.2) is 6.10 Å². The Morgan fingerprint density at radius 1 is 1.22 bits per heavy atom. The number of aryl methyl sites for hydroxylation is 1. The number of aromatic carboxylic acids is 1. The smallest absolute Gasteiger partial charge is 0.335 e. The minimum absolute atomic E-state index is 0.106. The average Bonchev–Trinajstić information content (AvgIpc) is 2.49.